The number of hydrogen-bond donors (Lipinski definition) is 1. The summed E-state index contributed by atoms with van der Waals surface area (Å²) in [6, 6.07) is 16.0. The normalized spacial score (nSPS) is 11.5. The number of benzene rings is 2. The molecule has 2 aromatic carbocycles. The number of rotatable bonds is 5. The Hall–Kier alpha value is -2.62. The highest BCUT2D eigenvalue weighted by Crippen LogP contribution is 2.07. The predicted octanol–water partition coefficient (Wildman–Crippen LogP) is 3.49. The van der Waals surface area contributed by atoms with Gasteiger partial charge in [0.05, 0.1) is 6.04 Å². The van der Waals surface area contributed by atoms with Gasteiger partial charge in [0.25, 0.3) is 0 Å². The molecule has 0 aliphatic carbocycles. The summed E-state index contributed by atoms with van der Waals surface area (Å²) in [4.78, 5) is 24.0. The number of amides is 1. The van der Waals surface area contributed by atoms with Crippen molar-refractivity contribution < 1.29 is 14.3 Å². The van der Waals surface area contributed by atoms with E-state index in [1.165, 1.54) is 0 Å². The first kappa shape index (κ1) is 15.8. The lowest BCUT2D eigenvalue weighted by molar-refractivity contribution is 0.0926. The number of carbonyl (C=O) groups is 2. The minimum Gasteiger partial charge on any atom is -0.445 e. The SMILES string of the molecule is Cc1cccc(C(=O)[C@H](C)NC(=O)OCc2ccccc2)c1. The molecule has 0 aromatic heterocycles. The van der Waals surface area contributed by atoms with Crippen LogP contribution in [-0.2, 0) is 11.3 Å². The zero-order chi connectivity index (χ0) is 15.9. The van der Waals surface area contributed by atoms with E-state index in [-0.39, 0.29) is 12.4 Å². The number of ether oxygens (including phenoxy) is 1. The molecule has 0 fully saturated rings. The van der Waals surface area contributed by atoms with E-state index >= 15 is 0 Å². The van der Waals surface area contributed by atoms with Crippen molar-refractivity contribution in [2.45, 2.75) is 26.5 Å². The largest absolute Gasteiger partial charge is 0.445 e. The van der Waals surface area contributed by atoms with Crippen molar-refractivity contribution in [2.75, 3.05) is 0 Å². The second-order valence-electron chi connectivity index (χ2n) is 5.16. The van der Waals surface area contributed by atoms with Gasteiger partial charge in [-0.1, -0.05) is 54.1 Å². The first-order chi connectivity index (χ1) is 10.6. The predicted molar refractivity (Wildman–Crippen MR) is 84.7 cm³/mol. The number of ketones is 1. The van der Waals surface area contributed by atoms with Crippen LogP contribution in [0, 0.1) is 6.92 Å². The average Bonchev–Trinajstić information content (AvgIpc) is 2.53. The van der Waals surface area contributed by atoms with Gasteiger partial charge < -0.3 is 10.1 Å². The van der Waals surface area contributed by atoms with Crippen LogP contribution in [0.5, 0.6) is 0 Å². The van der Waals surface area contributed by atoms with Gasteiger partial charge in [0.2, 0.25) is 0 Å². The summed E-state index contributed by atoms with van der Waals surface area (Å²) in [5.74, 6) is -0.139. The van der Waals surface area contributed by atoms with Crippen LogP contribution in [0.4, 0.5) is 4.79 Å². The molecule has 2 aromatic rings. The Balaban J connectivity index is 1.87. The van der Waals surface area contributed by atoms with Gasteiger partial charge in [0.1, 0.15) is 6.61 Å². The molecule has 0 unspecified atom stereocenters. The second kappa shape index (κ2) is 7.41. The van der Waals surface area contributed by atoms with Gasteiger partial charge in [0, 0.05) is 5.56 Å². The number of hydrogen-bond acceptors (Lipinski definition) is 3. The summed E-state index contributed by atoms with van der Waals surface area (Å²) in [6.07, 6.45) is -0.600. The average molecular weight is 297 g/mol. The highest BCUT2D eigenvalue weighted by Gasteiger charge is 2.18. The fraction of sp³-hybridized carbons (Fsp3) is 0.222. The maximum atomic E-state index is 12.2. The molecular weight excluding hydrogens is 278 g/mol. The Bertz CT molecular complexity index is 652. The Morgan fingerprint density at radius 3 is 2.50 bits per heavy atom. The molecule has 4 heteroatoms. The molecule has 1 atom stereocenters. The lowest BCUT2D eigenvalue weighted by Gasteiger charge is -2.13. The summed E-state index contributed by atoms with van der Waals surface area (Å²) < 4.78 is 5.11. The summed E-state index contributed by atoms with van der Waals surface area (Å²) in [7, 11) is 0. The smallest absolute Gasteiger partial charge is 0.408 e. The molecule has 0 radical (unpaired) electrons. The molecule has 1 N–H and O–H groups in total. The van der Waals surface area contributed by atoms with Crippen LogP contribution in [-0.4, -0.2) is 17.9 Å². The van der Waals surface area contributed by atoms with Crippen LogP contribution in [0.2, 0.25) is 0 Å². The van der Waals surface area contributed by atoms with Crippen molar-refractivity contribution in [3.63, 3.8) is 0 Å². The molecule has 0 heterocycles. The maximum absolute atomic E-state index is 12.2. The number of alkyl carbamates (subject to hydrolysis) is 1. The van der Waals surface area contributed by atoms with Crippen LogP contribution in [0.25, 0.3) is 0 Å². The molecule has 0 aliphatic heterocycles. The number of carbonyl (C=O) groups excluding carboxylic acids is 2. The molecule has 2 rings (SSSR count). The van der Waals surface area contributed by atoms with E-state index in [9.17, 15) is 9.59 Å². The molecular formula is C18H19NO3. The van der Waals surface area contributed by atoms with E-state index in [0.29, 0.717) is 5.56 Å². The minimum atomic E-state index is -0.634. The van der Waals surface area contributed by atoms with E-state index < -0.39 is 12.1 Å². The van der Waals surface area contributed by atoms with E-state index in [4.69, 9.17) is 4.74 Å². The maximum Gasteiger partial charge on any atom is 0.408 e. The fourth-order valence-corrected chi connectivity index (χ4v) is 2.06. The van der Waals surface area contributed by atoms with Crippen LogP contribution in [0.3, 0.4) is 0 Å². The van der Waals surface area contributed by atoms with E-state index in [1.54, 1.807) is 19.1 Å². The summed E-state index contributed by atoms with van der Waals surface area (Å²) in [5, 5.41) is 2.56. The zero-order valence-corrected chi connectivity index (χ0v) is 12.7. The lowest BCUT2D eigenvalue weighted by Crippen LogP contribution is -2.38. The summed E-state index contributed by atoms with van der Waals surface area (Å²) in [5.41, 5.74) is 2.48. The first-order valence-corrected chi connectivity index (χ1v) is 7.14. The Kier molecular flexibility index (Phi) is 5.31. The van der Waals surface area contributed by atoms with Gasteiger partial charge >= 0.3 is 6.09 Å². The van der Waals surface area contributed by atoms with Crippen molar-refractivity contribution in [3.8, 4) is 0 Å². The summed E-state index contributed by atoms with van der Waals surface area (Å²) >= 11 is 0. The highest BCUT2D eigenvalue weighted by atomic mass is 16.5. The topological polar surface area (TPSA) is 55.4 Å². The third-order valence-corrected chi connectivity index (χ3v) is 3.24. The number of nitrogens with one attached hydrogen (secondary N) is 1. The first-order valence-electron chi connectivity index (χ1n) is 7.14. The number of Topliss-reactive ketones (excluding diaryl/α,β-unsaturated/α-hetero) is 1. The third kappa shape index (κ3) is 4.45. The van der Waals surface area contributed by atoms with Crippen LogP contribution in [0.15, 0.2) is 54.6 Å². The quantitative estimate of drug-likeness (QED) is 0.859. The van der Waals surface area contributed by atoms with Gasteiger partial charge in [-0.25, -0.2) is 4.79 Å². The molecule has 1 amide bonds. The third-order valence-electron chi connectivity index (χ3n) is 3.24. The standard InChI is InChI=1S/C18H19NO3/c1-13-7-6-10-16(11-13)17(20)14(2)19-18(21)22-12-15-8-4-3-5-9-15/h3-11,14H,12H2,1-2H3,(H,19,21)/t14-/m0/s1. The fourth-order valence-electron chi connectivity index (χ4n) is 2.06. The molecule has 0 saturated heterocycles. The molecule has 0 saturated carbocycles. The zero-order valence-electron chi connectivity index (χ0n) is 12.7. The van der Waals surface area contributed by atoms with Gasteiger partial charge in [-0.3, -0.25) is 4.79 Å². The van der Waals surface area contributed by atoms with Crippen molar-refractivity contribution >= 4 is 11.9 Å². The van der Waals surface area contributed by atoms with Crippen LogP contribution >= 0.6 is 0 Å². The molecule has 0 aliphatic rings. The van der Waals surface area contributed by atoms with E-state index in [1.807, 2.05) is 49.4 Å². The van der Waals surface area contributed by atoms with E-state index in [0.717, 1.165) is 11.1 Å². The minimum absolute atomic E-state index is 0.139. The summed E-state index contributed by atoms with van der Waals surface area (Å²) in [6.45, 7) is 3.75. The van der Waals surface area contributed by atoms with Crippen molar-refractivity contribution in [1.29, 1.82) is 0 Å². The Labute approximate surface area is 130 Å². The molecule has 22 heavy (non-hydrogen) atoms. The van der Waals surface area contributed by atoms with Crippen LogP contribution in [0.1, 0.15) is 28.4 Å². The van der Waals surface area contributed by atoms with Crippen molar-refractivity contribution in [2.24, 2.45) is 0 Å². The Morgan fingerprint density at radius 2 is 1.82 bits per heavy atom. The molecule has 114 valence electrons. The van der Waals surface area contributed by atoms with Gasteiger partial charge in [0.15, 0.2) is 5.78 Å². The van der Waals surface area contributed by atoms with Gasteiger partial charge in [-0.15, -0.1) is 0 Å². The number of aryl methyl sites for hydroxylation is 1. The van der Waals surface area contributed by atoms with Gasteiger partial charge in [-0.05, 0) is 25.5 Å². The monoisotopic (exact) mass is 297 g/mol. The van der Waals surface area contributed by atoms with Crippen molar-refractivity contribution in [3.05, 3.63) is 71.3 Å². The second-order valence-corrected chi connectivity index (χ2v) is 5.16. The Morgan fingerprint density at radius 1 is 1.09 bits per heavy atom. The van der Waals surface area contributed by atoms with Crippen molar-refractivity contribution in [1.82, 2.24) is 5.32 Å². The van der Waals surface area contributed by atoms with Gasteiger partial charge in [-0.2, -0.15) is 0 Å². The molecule has 0 bridgehead atoms. The highest BCUT2D eigenvalue weighted by molar-refractivity contribution is 6.01. The van der Waals surface area contributed by atoms with Crippen LogP contribution < -0.4 is 5.32 Å². The molecule has 4 nitrogen and oxygen atoms in total. The van der Waals surface area contributed by atoms with E-state index in [2.05, 4.69) is 5.32 Å². The molecule has 0 spiro atoms. The lowest BCUT2D eigenvalue weighted by atomic mass is 10.0.